The van der Waals surface area contributed by atoms with Gasteiger partial charge in [-0.2, -0.15) is 0 Å². The van der Waals surface area contributed by atoms with Gasteiger partial charge in [0.25, 0.3) is 5.91 Å². The third-order valence-electron chi connectivity index (χ3n) is 7.96. The van der Waals surface area contributed by atoms with Crippen molar-refractivity contribution in [1.82, 2.24) is 15.2 Å². The molecule has 3 fully saturated rings. The van der Waals surface area contributed by atoms with Gasteiger partial charge >= 0.3 is 0 Å². The molecular formula is C28H31N4O2Si. The number of amides is 1. The number of aryl methyl sites for hydroxylation is 1. The Bertz CT molecular complexity index is 1290. The molecule has 3 radical (unpaired) electrons. The molecule has 2 saturated heterocycles. The molecule has 1 aromatic heterocycles. The number of likely N-dealkylation sites (tertiary alicyclic amines) is 1. The van der Waals surface area contributed by atoms with Crippen LogP contribution in [0.4, 0.5) is 5.69 Å². The predicted octanol–water partition coefficient (Wildman–Crippen LogP) is 3.75. The summed E-state index contributed by atoms with van der Waals surface area (Å²) in [5.41, 5.74) is 4.52. The monoisotopic (exact) mass is 483 g/mol. The van der Waals surface area contributed by atoms with Crippen LogP contribution in [-0.2, 0) is 5.54 Å². The Hall–Kier alpha value is -2.90. The van der Waals surface area contributed by atoms with Crippen LogP contribution in [0.5, 0.6) is 5.75 Å². The highest BCUT2D eigenvalue weighted by Crippen LogP contribution is 2.49. The van der Waals surface area contributed by atoms with Gasteiger partial charge in [-0.3, -0.25) is 9.78 Å². The number of hydrogen-bond donors (Lipinski definition) is 1. The average molecular weight is 484 g/mol. The SMILES string of the molecule is Cc1ccc(O[C@@H]([Si])[C@@H]2CCN2C)cc1C(=O)NC1(c2cc(N3CCC3)cc3ncccc23)CC1. The zero-order valence-electron chi connectivity index (χ0n) is 20.4. The number of rotatable bonds is 7. The molecule has 0 bridgehead atoms. The van der Waals surface area contributed by atoms with Crippen molar-refractivity contribution in [3.8, 4) is 5.75 Å². The maximum Gasteiger partial charge on any atom is 0.252 e. The Morgan fingerprint density at radius 1 is 1.20 bits per heavy atom. The fourth-order valence-electron chi connectivity index (χ4n) is 5.26. The Balaban J connectivity index is 1.27. The Labute approximate surface area is 210 Å². The molecule has 3 aliphatic rings. The minimum Gasteiger partial charge on any atom is -0.493 e. The van der Waals surface area contributed by atoms with E-state index in [1.54, 1.807) is 0 Å². The maximum absolute atomic E-state index is 13.6. The van der Waals surface area contributed by atoms with E-state index >= 15 is 0 Å². The van der Waals surface area contributed by atoms with Gasteiger partial charge in [0.15, 0.2) is 0 Å². The van der Waals surface area contributed by atoms with Crippen LogP contribution in [0.3, 0.4) is 0 Å². The van der Waals surface area contributed by atoms with Crippen LogP contribution in [-0.4, -0.2) is 64.5 Å². The largest absolute Gasteiger partial charge is 0.493 e. The number of anilines is 1. The highest BCUT2D eigenvalue weighted by molar-refractivity contribution is 6.11. The molecule has 2 aromatic carbocycles. The van der Waals surface area contributed by atoms with Gasteiger partial charge in [-0.25, -0.2) is 0 Å². The molecule has 35 heavy (non-hydrogen) atoms. The van der Waals surface area contributed by atoms with E-state index in [0.717, 1.165) is 55.4 Å². The molecule has 2 aliphatic heterocycles. The summed E-state index contributed by atoms with van der Waals surface area (Å²) in [6.07, 6.45) is 6.03. The molecule has 179 valence electrons. The highest BCUT2D eigenvalue weighted by atomic mass is 28.1. The number of nitrogens with one attached hydrogen (secondary N) is 1. The molecule has 2 atom stereocenters. The van der Waals surface area contributed by atoms with E-state index in [0.29, 0.717) is 17.4 Å². The van der Waals surface area contributed by atoms with Gasteiger partial charge in [0.05, 0.1) is 27.0 Å². The molecule has 6 nitrogen and oxygen atoms in total. The lowest BCUT2D eigenvalue weighted by Gasteiger charge is -2.41. The second-order valence-electron chi connectivity index (χ2n) is 10.3. The molecule has 1 saturated carbocycles. The number of pyridine rings is 1. The summed E-state index contributed by atoms with van der Waals surface area (Å²) in [5.74, 6) is 0.656. The van der Waals surface area contributed by atoms with E-state index in [2.05, 4.69) is 55.6 Å². The van der Waals surface area contributed by atoms with Crippen LogP contribution >= 0.6 is 0 Å². The van der Waals surface area contributed by atoms with Crippen molar-refractivity contribution in [2.24, 2.45) is 0 Å². The predicted molar refractivity (Wildman–Crippen MR) is 139 cm³/mol. The lowest BCUT2D eigenvalue weighted by atomic mass is 9.96. The molecule has 0 unspecified atom stereocenters. The minimum absolute atomic E-state index is 0.0527. The molecule has 0 spiro atoms. The Kier molecular flexibility index (Phi) is 5.57. The second-order valence-corrected chi connectivity index (χ2v) is 10.9. The van der Waals surface area contributed by atoms with Crippen LogP contribution in [0.1, 0.15) is 47.2 Å². The Morgan fingerprint density at radius 2 is 2.03 bits per heavy atom. The molecule has 6 rings (SSSR count). The summed E-state index contributed by atoms with van der Waals surface area (Å²) < 4.78 is 6.16. The lowest BCUT2D eigenvalue weighted by molar-refractivity contribution is 0.0562. The molecule has 1 N–H and O–H groups in total. The average Bonchev–Trinajstić information content (AvgIpc) is 3.58. The van der Waals surface area contributed by atoms with Gasteiger partial charge in [-0.1, -0.05) is 12.1 Å². The van der Waals surface area contributed by atoms with Crippen molar-refractivity contribution in [3.63, 3.8) is 0 Å². The number of hydrogen-bond acceptors (Lipinski definition) is 5. The fraction of sp³-hybridized carbons (Fsp3) is 0.429. The van der Waals surface area contributed by atoms with Gasteiger partial charge in [-0.15, -0.1) is 0 Å². The highest BCUT2D eigenvalue weighted by Gasteiger charge is 2.47. The number of ether oxygens (including phenoxy) is 1. The first-order valence-corrected chi connectivity index (χ1v) is 13.2. The molecular weight excluding hydrogens is 452 g/mol. The zero-order valence-corrected chi connectivity index (χ0v) is 21.4. The summed E-state index contributed by atoms with van der Waals surface area (Å²) in [4.78, 5) is 22.9. The third kappa shape index (κ3) is 4.10. The molecule has 3 heterocycles. The van der Waals surface area contributed by atoms with E-state index in [4.69, 9.17) is 4.74 Å². The standard InChI is InChI=1S/C28H31N4O2Si/c1-18-6-7-20(34-27(35)25-8-14-31(25)2)17-22(18)26(33)30-28(9-10-28)23-15-19(32-12-4-13-32)16-24-21(23)5-3-11-29-24/h3,5-7,11,15-17,25,27H,4,8-10,12-14H2,1-2H3,(H,30,33)/t25-,27-/m0/s1. The van der Waals surface area contributed by atoms with Gasteiger partial charge in [0.1, 0.15) is 5.75 Å². The number of carbonyl (C=O) groups excluding carboxylic acids is 1. The Morgan fingerprint density at radius 3 is 2.69 bits per heavy atom. The van der Waals surface area contributed by atoms with Crippen LogP contribution in [0, 0.1) is 6.92 Å². The van der Waals surface area contributed by atoms with E-state index in [1.807, 2.05) is 37.4 Å². The van der Waals surface area contributed by atoms with Crippen LogP contribution in [0.25, 0.3) is 10.9 Å². The lowest BCUT2D eigenvalue weighted by Crippen LogP contribution is -2.53. The van der Waals surface area contributed by atoms with E-state index < -0.39 is 0 Å². The van der Waals surface area contributed by atoms with Crippen molar-refractivity contribution in [3.05, 3.63) is 65.4 Å². The summed E-state index contributed by atoms with van der Waals surface area (Å²) in [5, 5.41) is 4.53. The zero-order chi connectivity index (χ0) is 24.2. The quantitative estimate of drug-likeness (QED) is 0.519. The minimum atomic E-state index is -0.352. The molecule has 7 heteroatoms. The summed E-state index contributed by atoms with van der Waals surface area (Å²) in [7, 11) is 5.84. The number of carbonyl (C=O) groups is 1. The van der Waals surface area contributed by atoms with Crippen molar-refractivity contribution in [2.75, 3.05) is 31.6 Å². The number of likely N-dealkylation sites (N-methyl/N-ethyl adjacent to an activating group) is 1. The molecule has 1 amide bonds. The van der Waals surface area contributed by atoms with E-state index in [9.17, 15) is 4.79 Å². The molecule has 3 aromatic rings. The first-order valence-electron chi connectivity index (χ1n) is 12.6. The van der Waals surface area contributed by atoms with Gasteiger partial charge in [0.2, 0.25) is 0 Å². The number of benzene rings is 2. The second kappa shape index (κ2) is 8.64. The summed E-state index contributed by atoms with van der Waals surface area (Å²) in [6.45, 7) is 5.22. The first-order chi connectivity index (χ1) is 16.9. The van der Waals surface area contributed by atoms with Crippen molar-refractivity contribution in [2.45, 2.75) is 49.9 Å². The smallest absolute Gasteiger partial charge is 0.252 e. The summed E-state index contributed by atoms with van der Waals surface area (Å²) >= 11 is 0. The third-order valence-corrected chi connectivity index (χ3v) is 8.46. The fourth-order valence-corrected chi connectivity index (χ4v) is 5.81. The number of nitrogens with zero attached hydrogens (tertiary/aromatic N) is 3. The number of aromatic nitrogens is 1. The van der Waals surface area contributed by atoms with Crippen molar-refractivity contribution < 1.29 is 9.53 Å². The van der Waals surface area contributed by atoms with E-state index in [1.165, 1.54) is 17.7 Å². The van der Waals surface area contributed by atoms with Gasteiger partial charge in [0, 0.05) is 42.0 Å². The van der Waals surface area contributed by atoms with E-state index in [-0.39, 0.29) is 17.2 Å². The topological polar surface area (TPSA) is 57.7 Å². The van der Waals surface area contributed by atoms with Crippen molar-refractivity contribution in [1.29, 1.82) is 0 Å². The van der Waals surface area contributed by atoms with Gasteiger partial charge < -0.3 is 19.9 Å². The van der Waals surface area contributed by atoms with Crippen LogP contribution in [0.2, 0.25) is 0 Å². The summed E-state index contributed by atoms with van der Waals surface area (Å²) in [6, 6.07) is 14.7. The van der Waals surface area contributed by atoms with Crippen LogP contribution in [0.15, 0.2) is 48.7 Å². The van der Waals surface area contributed by atoms with Gasteiger partial charge in [-0.05, 0) is 87.7 Å². The first kappa shape index (κ1) is 22.6. The van der Waals surface area contributed by atoms with Crippen molar-refractivity contribution >= 4 is 32.7 Å². The van der Waals surface area contributed by atoms with Crippen LogP contribution < -0.4 is 15.0 Å². The number of fused-ring (bicyclic) bond motifs is 1. The molecule has 1 aliphatic carbocycles. The normalized spacial score (nSPS) is 21.7. The maximum atomic E-state index is 13.6.